The van der Waals surface area contributed by atoms with Gasteiger partial charge >= 0.3 is 6.16 Å². The van der Waals surface area contributed by atoms with E-state index in [1.807, 2.05) is 0 Å². The van der Waals surface area contributed by atoms with Crippen molar-refractivity contribution in [1.29, 1.82) is 0 Å². The Labute approximate surface area is 77.3 Å². The minimum absolute atomic E-state index is 0.125. The molecule has 1 aliphatic rings. The molecule has 1 saturated heterocycles. The fourth-order valence-corrected chi connectivity index (χ4v) is 0.734. The molecule has 0 unspecified atom stereocenters. The van der Waals surface area contributed by atoms with Crippen LogP contribution in [0, 0.1) is 0 Å². The maximum Gasteiger partial charge on any atom is 0.508 e. The summed E-state index contributed by atoms with van der Waals surface area (Å²) in [6.07, 6.45) is 2.51. The molecule has 13 heavy (non-hydrogen) atoms. The van der Waals surface area contributed by atoms with Crippen molar-refractivity contribution in [3.05, 3.63) is 0 Å². The summed E-state index contributed by atoms with van der Waals surface area (Å²) in [7, 11) is 0. The van der Waals surface area contributed by atoms with Gasteiger partial charge in [0, 0.05) is 0 Å². The molecule has 1 aliphatic heterocycles. The van der Waals surface area contributed by atoms with E-state index in [0.717, 1.165) is 19.3 Å². The average molecular weight is 192 g/mol. The molecule has 5 nitrogen and oxygen atoms in total. The molecule has 0 aromatic rings. The van der Waals surface area contributed by atoms with Crippen LogP contribution in [0.3, 0.4) is 0 Å². The zero-order chi connectivity index (χ0) is 9.94. The Balaban J connectivity index is 0.000000310. The van der Waals surface area contributed by atoms with Gasteiger partial charge in [-0.15, -0.1) is 0 Å². The van der Waals surface area contributed by atoms with Gasteiger partial charge in [0.2, 0.25) is 0 Å². The van der Waals surface area contributed by atoms with Crippen LogP contribution in [0.2, 0.25) is 0 Å². The molecule has 0 aromatic heterocycles. The number of rotatable bonds is 1. The van der Waals surface area contributed by atoms with E-state index in [1.54, 1.807) is 0 Å². The molecule has 0 aromatic carbocycles. The lowest BCUT2D eigenvalue weighted by Crippen LogP contribution is -2.12. The lowest BCUT2D eigenvalue weighted by molar-refractivity contribution is 0.0435. The highest BCUT2D eigenvalue weighted by atomic mass is 16.7. The Morgan fingerprint density at radius 3 is 1.85 bits per heavy atom. The Kier molecular flexibility index (Phi) is 8.70. The Hall–Kier alpha value is -0.810. The number of carbonyl (C=O) groups is 1. The Morgan fingerprint density at radius 2 is 1.46 bits per heavy atom. The summed E-state index contributed by atoms with van der Waals surface area (Å²) in [5, 5.41) is 15.2. The molecule has 1 heterocycles. The number of hydrogen-bond donors (Lipinski definition) is 2. The van der Waals surface area contributed by atoms with Gasteiger partial charge in [0.1, 0.15) is 0 Å². The van der Waals surface area contributed by atoms with Crippen molar-refractivity contribution in [2.45, 2.75) is 19.3 Å². The summed E-state index contributed by atoms with van der Waals surface area (Å²) in [4.78, 5) is 10.4. The number of hydrogen-bond acceptors (Lipinski definition) is 5. The van der Waals surface area contributed by atoms with Crippen molar-refractivity contribution < 1.29 is 24.5 Å². The van der Waals surface area contributed by atoms with E-state index in [-0.39, 0.29) is 13.2 Å². The average Bonchev–Trinajstić information content (AvgIpc) is 2.12. The van der Waals surface area contributed by atoms with Gasteiger partial charge in [-0.25, -0.2) is 4.79 Å². The maximum absolute atomic E-state index is 10.4. The van der Waals surface area contributed by atoms with Crippen LogP contribution in [0.15, 0.2) is 0 Å². The van der Waals surface area contributed by atoms with Crippen LogP contribution in [0.4, 0.5) is 4.79 Å². The van der Waals surface area contributed by atoms with E-state index < -0.39 is 6.16 Å². The van der Waals surface area contributed by atoms with E-state index >= 15 is 0 Å². The van der Waals surface area contributed by atoms with E-state index in [2.05, 4.69) is 9.47 Å². The van der Waals surface area contributed by atoms with Crippen molar-refractivity contribution >= 4 is 6.16 Å². The van der Waals surface area contributed by atoms with Gasteiger partial charge in [0.05, 0.1) is 26.4 Å². The Morgan fingerprint density at radius 1 is 1.00 bits per heavy atom. The van der Waals surface area contributed by atoms with Crippen LogP contribution in [0.25, 0.3) is 0 Å². The summed E-state index contributed by atoms with van der Waals surface area (Å²) < 4.78 is 9.24. The molecule has 2 N–H and O–H groups in total. The monoisotopic (exact) mass is 192 g/mol. The minimum Gasteiger partial charge on any atom is -0.434 e. The molecule has 0 radical (unpaired) electrons. The van der Waals surface area contributed by atoms with Gasteiger partial charge in [0.25, 0.3) is 0 Å². The third-order valence-corrected chi connectivity index (χ3v) is 1.33. The molecule has 0 spiro atoms. The molecular weight excluding hydrogens is 176 g/mol. The number of aliphatic hydroxyl groups excluding tert-OH is 2. The van der Waals surface area contributed by atoms with E-state index in [9.17, 15) is 4.79 Å². The Bertz CT molecular complexity index is 114. The lowest BCUT2D eigenvalue weighted by Gasteiger charge is -2.09. The van der Waals surface area contributed by atoms with Gasteiger partial charge in [-0.1, -0.05) is 0 Å². The number of aliphatic hydroxyl groups is 2. The predicted molar refractivity (Wildman–Crippen MR) is 45.3 cm³/mol. The molecule has 0 amide bonds. The topological polar surface area (TPSA) is 76.0 Å². The fraction of sp³-hybridized carbons (Fsp3) is 0.875. The molecule has 5 heteroatoms. The molecule has 0 aliphatic carbocycles. The molecule has 1 rings (SSSR count). The van der Waals surface area contributed by atoms with Crippen molar-refractivity contribution in [2.75, 3.05) is 26.4 Å². The highest BCUT2D eigenvalue weighted by molar-refractivity contribution is 5.59. The van der Waals surface area contributed by atoms with Gasteiger partial charge in [0.15, 0.2) is 0 Å². The lowest BCUT2D eigenvalue weighted by atomic mass is 10.2. The second-order valence-corrected chi connectivity index (χ2v) is 2.45. The second kappa shape index (κ2) is 9.28. The fourth-order valence-electron chi connectivity index (χ4n) is 0.734. The van der Waals surface area contributed by atoms with Gasteiger partial charge in [-0.2, -0.15) is 0 Å². The highest BCUT2D eigenvalue weighted by Crippen LogP contribution is 2.01. The van der Waals surface area contributed by atoms with Crippen LogP contribution < -0.4 is 0 Å². The second-order valence-electron chi connectivity index (χ2n) is 2.45. The first-order chi connectivity index (χ1) is 6.31. The highest BCUT2D eigenvalue weighted by Gasteiger charge is 2.05. The quantitative estimate of drug-likeness (QED) is 0.584. The van der Waals surface area contributed by atoms with E-state index in [1.165, 1.54) is 0 Å². The van der Waals surface area contributed by atoms with Crippen LogP contribution in [0.5, 0.6) is 0 Å². The largest absolute Gasteiger partial charge is 0.508 e. The number of carbonyl (C=O) groups excluding carboxylic acids is 1. The summed E-state index contributed by atoms with van der Waals surface area (Å²) in [5.41, 5.74) is 0. The zero-order valence-corrected chi connectivity index (χ0v) is 7.57. The first kappa shape index (κ1) is 12.2. The van der Waals surface area contributed by atoms with Crippen molar-refractivity contribution in [2.24, 2.45) is 0 Å². The molecular formula is C8H16O5. The first-order valence-corrected chi connectivity index (χ1v) is 4.32. The van der Waals surface area contributed by atoms with Crippen molar-refractivity contribution in [3.63, 3.8) is 0 Å². The van der Waals surface area contributed by atoms with Crippen LogP contribution in [-0.2, 0) is 9.47 Å². The van der Waals surface area contributed by atoms with Crippen molar-refractivity contribution in [1.82, 2.24) is 0 Å². The summed E-state index contributed by atoms with van der Waals surface area (Å²) in [6, 6.07) is 0. The van der Waals surface area contributed by atoms with E-state index in [4.69, 9.17) is 10.2 Å². The maximum atomic E-state index is 10.4. The van der Waals surface area contributed by atoms with Crippen LogP contribution >= 0.6 is 0 Å². The molecule has 1 fully saturated rings. The normalized spacial score (nSPS) is 16.9. The molecule has 0 saturated carbocycles. The third kappa shape index (κ3) is 9.10. The third-order valence-electron chi connectivity index (χ3n) is 1.33. The smallest absolute Gasteiger partial charge is 0.434 e. The van der Waals surface area contributed by atoms with Crippen molar-refractivity contribution in [3.8, 4) is 0 Å². The molecule has 0 atom stereocenters. The zero-order valence-electron chi connectivity index (χ0n) is 7.57. The molecule has 78 valence electrons. The summed E-state index contributed by atoms with van der Waals surface area (Å²) >= 11 is 0. The first-order valence-electron chi connectivity index (χ1n) is 4.32. The SMILES string of the molecule is O=C1OCCCCCO1.OCCO. The number of cyclic esters (lactones) is 2. The van der Waals surface area contributed by atoms with Gasteiger partial charge < -0.3 is 19.7 Å². The van der Waals surface area contributed by atoms with Gasteiger partial charge in [-0.05, 0) is 19.3 Å². The van der Waals surface area contributed by atoms with Crippen LogP contribution in [-0.4, -0.2) is 42.8 Å². The van der Waals surface area contributed by atoms with Crippen LogP contribution in [0.1, 0.15) is 19.3 Å². The van der Waals surface area contributed by atoms with Gasteiger partial charge in [-0.3, -0.25) is 0 Å². The predicted octanol–water partition coefficient (Wildman–Crippen LogP) is 0.295. The summed E-state index contributed by atoms with van der Waals surface area (Å²) in [6.45, 7) is 0.775. The number of ether oxygens (including phenoxy) is 2. The standard InChI is InChI=1S/C6H10O3.C2H6O2/c7-6-8-4-2-1-3-5-9-6;3-1-2-4/h1-5H2;3-4H,1-2H2. The minimum atomic E-state index is -0.519. The molecule has 0 bridgehead atoms. The summed E-state index contributed by atoms with van der Waals surface area (Å²) in [5.74, 6) is 0. The van der Waals surface area contributed by atoms with E-state index in [0.29, 0.717) is 13.2 Å².